The van der Waals surface area contributed by atoms with E-state index in [2.05, 4.69) is 10.4 Å². The fourth-order valence-electron chi connectivity index (χ4n) is 2.85. The number of para-hydroxylation sites is 1. The van der Waals surface area contributed by atoms with Gasteiger partial charge in [0.25, 0.3) is 5.91 Å². The van der Waals surface area contributed by atoms with Gasteiger partial charge in [0.1, 0.15) is 5.69 Å². The highest BCUT2D eigenvalue weighted by Crippen LogP contribution is 2.39. The van der Waals surface area contributed by atoms with Crippen molar-refractivity contribution in [3.63, 3.8) is 0 Å². The zero-order valence-electron chi connectivity index (χ0n) is 14.1. The van der Waals surface area contributed by atoms with Gasteiger partial charge in [-0.15, -0.1) is 0 Å². The first kappa shape index (κ1) is 16.1. The van der Waals surface area contributed by atoms with Crippen molar-refractivity contribution in [3.05, 3.63) is 77.6 Å². The van der Waals surface area contributed by atoms with Crippen LogP contribution in [0.15, 0.2) is 60.7 Å². The van der Waals surface area contributed by atoms with Crippen LogP contribution in [0.1, 0.15) is 45.3 Å². The molecule has 4 rings (SSSR count). The summed E-state index contributed by atoms with van der Waals surface area (Å²) in [5.74, 6) is -0.383. The molecule has 2 amide bonds. The van der Waals surface area contributed by atoms with Crippen LogP contribution in [0.4, 0.5) is 5.69 Å². The Morgan fingerprint density at radius 1 is 1.04 bits per heavy atom. The number of nitrogens with two attached hydrogens (primary N) is 1. The fourth-order valence-corrected chi connectivity index (χ4v) is 2.85. The lowest BCUT2D eigenvalue weighted by molar-refractivity contribution is 0.0995. The van der Waals surface area contributed by atoms with Crippen LogP contribution in [0.5, 0.6) is 0 Å². The molecule has 3 aromatic rings. The number of primary amides is 1. The molecule has 1 heterocycles. The minimum absolute atomic E-state index is 0.283. The maximum absolute atomic E-state index is 12.9. The summed E-state index contributed by atoms with van der Waals surface area (Å²) in [4.78, 5) is 24.2. The van der Waals surface area contributed by atoms with Crippen LogP contribution < -0.4 is 11.1 Å². The summed E-state index contributed by atoms with van der Waals surface area (Å²) < 4.78 is 1.67. The third kappa shape index (κ3) is 3.21. The maximum Gasteiger partial charge on any atom is 0.274 e. The van der Waals surface area contributed by atoms with E-state index in [0.29, 0.717) is 22.9 Å². The summed E-state index contributed by atoms with van der Waals surface area (Å²) in [5.41, 5.74) is 8.39. The molecule has 0 radical (unpaired) electrons. The minimum atomic E-state index is -0.536. The quantitative estimate of drug-likeness (QED) is 0.744. The molecule has 1 aromatic heterocycles. The Labute approximate surface area is 150 Å². The molecule has 26 heavy (non-hydrogen) atoms. The fraction of sp³-hybridized carbons (Fsp3) is 0.150. The summed E-state index contributed by atoms with van der Waals surface area (Å²) in [7, 11) is 0. The molecule has 130 valence electrons. The molecule has 0 bridgehead atoms. The van der Waals surface area contributed by atoms with Crippen LogP contribution in [-0.4, -0.2) is 21.6 Å². The molecule has 1 saturated carbocycles. The number of rotatable bonds is 5. The Balaban J connectivity index is 1.67. The molecule has 6 nitrogen and oxygen atoms in total. The van der Waals surface area contributed by atoms with E-state index in [1.165, 1.54) is 0 Å². The summed E-state index contributed by atoms with van der Waals surface area (Å²) >= 11 is 0. The topological polar surface area (TPSA) is 90.0 Å². The van der Waals surface area contributed by atoms with Gasteiger partial charge < -0.3 is 11.1 Å². The molecule has 2 aromatic carbocycles. The van der Waals surface area contributed by atoms with Gasteiger partial charge in [0, 0.05) is 17.2 Å². The molecule has 0 saturated heterocycles. The Bertz CT molecular complexity index is 974. The monoisotopic (exact) mass is 346 g/mol. The number of amides is 2. The largest absolute Gasteiger partial charge is 0.366 e. The van der Waals surface area contributed by atoms with Gasteiger partial charge in [0.15, 0.2) is 0 Å². The number of hydrogen-bond acceptors (Lipinski definition) is 3. The van der Waals surface area contributed by atoms with Gasteiger partial charge in [-0.2, -0.15) is 5.10 Å². The van der Waals surface area contributed by atoms with Gasteiger partial charge in [0.2, 0.25) is 5.91 Å². The lowest BCUT2D eigenvalue weighted by Crippen LogP contribution is -2.17. The number of aromatic nitrogens is 2. The molecular weight excluding hydrogens is 328 g/mol. The number of carbonyl (C=O) groups is 2. The maximum atomic E-state index is 12.9. The average Bonchev–Trinajstić information content (AvgIpc) is 3.41. The number of nitrogens with one attached hydrogen (secondary N) is 1. The number of benzene rings is 2. The van der Waals surface area contributed by atoms with Crippen molar-refractivity contribution in [2.24, 2.45) is 5.73 Å². The van der Waals surface area contributed by atoms with Crippen molar-refractivity contribution < 1.29 is 9.59 Å². The number of carbonyl (C=O) groups excluding carboxylic acids is 2. The predicted molar refractivity (Wildman–Crippen MR) is 98.5 cm³/mol. The van der Waals surface area contributed by atoms with E-state index in [4.69, 9.17) is 5.73 Å². The number of anilines is 1. The van der Waals surface area contributed by atoms with E-state index >= 15 is 0 Å². The summed E-state index contributed by atoms with van der Waals surface area (Å²) in [6.45, 7) is 0. The molecule has 1 aliphatic rings. The number of hydrogen-bond donors (Lipinski definition) is 2. The number of nitrogens with zero attached hydrogens (tertiary/aromatic N) is 2. The van der Waals surface area contributed by atoms with Crippen LogP contribution >= 0.6 is 0 Å². The molecule has 0 aliphatic heterocycles. The van der Waals surface area contributed by atoms with Crippen LogP contribution in [0, 0.1) is 0 Å². The van der Waals surface area contributed by atoms with Crippen molar-refractivity contribution >= 4 is 17.5 Å². The van der Waals surface area contributed by atoms with E-state index in [0.717, 1.165) is 24.2 Å². The van der Waals surface area contributed by atoms with Crippen LogP contribution in [0.25, 0.3) is 5.69 Å². The molecule has 0 unspecified atom stereocenters. The first-order chi connectivity index (χ1) is 12.6. The van der Waals surface area contributed by atoms with E-state index in [1.54, 1.807) is 28.9 Å². The van der Waals surface area contributed by atoms with Crippen molar-refractivity contribution in [3.8, 4) is 5.69 Å². The van der Waals surface area contributed by atoms with Gasteiger partial charge in [0.05, 0.1) is 11.4 Å². The first-order valence-corrected chi connectivity index (χ1v) is 8.48. The molecule has 0 spiro atoms. The molecule has 1 fully saturated rings. The smallest absolute Gasteiger partial charge is 0.274 e. The standard InChI is InChI=1S/C20H18N4O2/c21-19(25)14-5-4-6-15(11-14)22-20(26)18-12-17(13-9-10-13)23-24(18)16-7-2-1-3-8-16/h1-8,11-13H,9-10H2,(H2,21,25)(H,22,26). The molecule has 3 N–H and O–H groups in total. The highest BCUT2D eigenvalue weighted by molar-refractivity contribution is 6.04. The lowest BCUT2D eigenvalue weighted by atomic mass is 10.2. The minimum Gasteiger partial charge on any atom is -0.366 e. The zero-order valence-corrected chi connectivity index (χ0v) is 14.1. The molecule has 1 aliphatic carbocycles. The first-order valence-electron chi connectivity index (χ1n) is 8.48. The lowest BCUT2D eigenvalue weighted by Gasteiger charge is -2.09. The third-order valence-electron chi connectivity index (χ3n) is 4.36. The van der Waals surface area contributed by atoms with E-state index < -0.39 is 5.91 Å². The highest BCUT2D eigenvalue weighted by atomic mass is 16.2. The van der Waals surface area contributed by atoms with Crippen molar-refractivity contribution in [2.45, 2.75) is 18.8 Å². The van der Waals surface area contributed by atoms with Crippen LogP contribution in [0.2, 0.25) is 0 Å². The van der Waals surface area contributed by atoms with Gasteiger partial charge in [-0.3, -0.25) is 9.59 Å². The molecule has 6 heteroatoms. The molecule has 0 atom stereocenters. The second kappa shape index (κ2) is 6.48. The Hall–Kier alpha value is -3.41. The summed E-state index contributed by atoms with van der Waals surface area (Å²) in [6.07, 6.45) is 2.21. The van der Waals surface area contributed by atoms with E-state index in [-0.39, 0.29) is 5.91 Å². The van der Waals surface area contributed by atoms with Gasteiger partial charge >= 0.3 is 0 Å². The SMILES string of the molecule is NC(=O)c1cccc(NC(=O)c2cc(C3CC3)nn2-c2ccccc2)c1. The van der Waals surface area contributed by atoms with Gasteiger partial charge in [-0.05, 0) is 49.2 Å². The van der Waals surface area contributed by atoms with Crippen molar-refractivity contribution in [1.29, 1.82) is 0 Å². The Kier molecular flexibility index (Phi) is 4.01. The Morgan fingerprint density at radius 3 is 2.50 bits per heavy atom. The molecular formula is C20H18N4O2. The van der Waals surface area contributed by atoms with E-state index in [9.17, 15) is 9.59 Å². The summed E-state index contributed by atoms with van der Waals surface area (Å²) in [5, 5.41) is 7.46. The third-order valence-corrected chi connectivity index (χ3v) is 4.36. The zero-order chi connectivity index (χ0) is 18.1. The van der Waals surface area contributed by atoms with Crippen LogP contribution in [0.3, 0.4) is 0 Å². The van der Waals surface area contributed by atoms with E-state index in [1.807, 2.05) is 36.4 Å². The van der Waals surface area contributed by atoms with Crippen molar-refractivity contribution in [2.75, 3.05) is 5.32 Å². The predicted octanol–water partition coefficient (Wildman–Crippen LogP) is 3.10. The normalized spacial score (nSPS) is 13.4. The van der Waals surface area contributed by atoms with Crippen molar-refractivity contribution in [1.82, 2.24) is 9.78 Å². The second-order valence-electron chi connectivity index (χ2n) is 6.38. The summed E-state index contributed by atoms with van der Waals surface area (Å²) in [6, 6.07) is 18.0. The highest BCUT2D eigenvalue weighted by Gasteiger charge is 2.29. The second-order valence-corrected chi connectivity index (χ2v) is 6.38. The van der Waals surface area contributed by atoms with Gasteiger partial charge in [-0.25, -0.2) is 4.68 Å². The Morgan fingerprint density at radius 2 is 1.81 bits per heavy atom. The van der Waals surface area contributed by atoms with Crippen LogP contribution in [-0.2, 0) is 0 Å². The average molecular weight is 346 g/mol. The van der Waals surface area contributed by atoms with Gasteiger partial charge in [-0.1, -0.05) is 24.3 Å².